The number of primary amides is 1. The van der Waals surface area contributed by atoms with E-state index in [9.17, 15) is 4.79 Å². The summed E-state index contributed by atoms with van der Waals surface area (Å²) in [4.78, 5) is 19.8. The molecule has 19 heavy (non-hydrogen) atoms. The second kappa shape index (κ2) is 5.55. The van der Waals surface area contributed by atoms with E-state index in [4.69, 9.17) is 5.73 Å². The van der Waals surface area contributed by atoms with Gasteiger partial charge in [0, 0.05) is 18.9 Å². The van der Waals surface area contributed by atoms with Gasteiger partial charge < -0.3 is 20.8 Å². The van der Waals surface area contributed by atoms with Crippen molar-refractivity contribution in [1.82, 2.24) is 14.4 Å². The quantitative estimate of drug-likeness (QED) is 0.716. The van der Waals surface area contributed by atoms with Gasteiger partial charge in [-0.05, 0) is 13.3 Å². The highest BCUT2D eigenvalue weighted by molar-refractivity contribution is 5.83. The van der Waals surface area contributed by atoms with Gasteiger partial charge in [0.1, 0.15) is 11.9 Å². The van der Waals surface area contributed by atoms with Crippen molar-refractivity contribution < 1.29 is 4.79 Å². The molecule has 4 N–H and O–H groups in total. The van der Waals surface area contributed by atoms with Crippen LogP contribution in [-0.4, -0.2) is 32.9 Å². The molecule has 0 fully saturated rings. The number of rotatable bonds is 6. The van der Waals surface area contributed by atoms with E-state index < -0.39 is 11.9 Å². The Bertz CT molecular complexity index is 579. The van der Waals surface area contributed by atoms with Crippen molar-refractivity contribution in [3.8, 4) is 0 Å². The van der Waals surface area contributed by atoms with Crippen molar-refractivity contribution in [3.05, 3.63) is 18.6 Å². The molecule has 0 aromatic carbocycles. The van der Waals surface area contributed by atoms with Crippen LogP contribution >= 0.6 is 0 Å². The van der Waals surface area contributed by atoms with Crippen molar-refractivity contribution >= 4 is 23.2 Å². The number of imidazole rings is 1. The number of nitrogens with zero attached hydrogens (tertiary/aromatic N) is 3. The predicted octanol–water partition coefficient (Wildman–Crippen LogP) is 0.837. The normalized spacial score (nSPS) is 12.3. The molecule has 0 aliphatic carbocycles. The summed E-state index contributed by atoms with van der Waals surface area (Å²) >= 11 is 0. The smallest absolute Gasteiger partial charge is 0.239 e. The van der Waals surface area contributed by atoms with Crippen LogP contribution in [0, 0.1) is 0 Å². The summed E-state index contributed by atoms with van der Waals surface area (Å²) in [5, 5.41) is 6.18. The Hall–Kier alpha value is -2.31. The lowest BCUT2D eigenvalue weighted by Gasteiger charge is -2.13. The summed E-state index contributed by atoms with van der Waals surface area (Å²) in [5.41, 5.74) is 5.91. The first-order valence-corrected chi connectivity index (χ1v) is 6.25. The van der Waals surface area contributed by atoms with E-state index in [2.05, 4.69) is 27.5 Å². The molecule has 1 amide bonds. The Balaban J connectivity index is 2.33. The average Bonchev–Trinajstić information content (AvgIpc) is 2.84. The molecular weight excluding hydrogens is 244 g/mol. The zero-order valence-corrected chi connectivity index (χ0v) is 11.1. The van der Waals surface area contributed by atoms with Crippen LogP contribution in [0.4, 0.5) is 11.6 Å². The number of hydrogen-bond donors (Lipinski definition) is 3. The number of nitrogens with one attached hydrogen (secondary N) is 2. The third kappa shape index (κ3) is 2.93. The molecule has 2 rings (SSSR count). The predicted molar refractivity (Wildman–Crippen MR) is 74.0 cm³/mol. The van der Waals surface area contributed by atoms with Crippen LogP contribution in [0.1, 0.15) is 20.3 Å². The molecule has 0 saturated heterocycles. The average molecular weight is 262 g/mol. The number of carbonyl (C=O) groups is 1. The molecule has 2 aromatic rings. The SMILES string of the molecule is CCCNc1cn2ccnc2c(NC(C)C(N)=O)n1. The Labute approximate surface area is 111 Å². The standard InChI is InChI=1S/C12H18N6O/c1-3-4-14-9-7-18-6-5-15-12(18)11(17-9)16-8(2)10(13)19/h5-8,14H,3-4H2,1-2H3,(H2,13,19)(H,16,17). The van der Waals surface area contributed by atoms with Gasteiger partial charge in [0.2, 0.25) is 5.91 Å². The second-order valence-electron chi connectivity index (χ2n) is 4.33. The highest BCUT2D eigenvalue weighted by Gasteiger charge is 2.13. The molecular formula is C12H18N6O. The minimum Gasteiger partial charge on any atom is -0.369 e. The fourth-order valence-electron chi connectivity index (χ4n) is 1.64. The van der Waals surface area contributed by atoms with E-state index in [0.29, 0.717) is 11.5 Å². The Morgan fingerprint density at radius 3 is 3.05 bits per heavy atom. The van der Waals surface area contributed by atoms with Crippen molar-refractivity contribution in [2.45, 2.75) is 26.3 Å². The van der Waals surface area contributed by atoms with Crippen LogP contribution in [-0.2, 0) is 4.79 Å². The summed E-state index contributed by atoms with van der Waals surface area (Å²) in [6.07, 6.45) is 6.37. The zero-order chi connectivity index (χ0) is 13.8. The third-order valence-electron chi connectivity index (χ3n) is 2.71. The lowest BCUT2D eigenvalue weighted by atomic mass is 10.3. The summed E-state index contributed by atoms with van der Waals surface area (Å²) in [7, 11) is 0. The maximum atomic E-state index is 11.1. The Kier molecular flexibility index (Phi) is 3.84. The highest BCUT2D eigenvalue weighted by Crippen LogP contribution is 2.17. The van der Waals surface area contributed by atoms with Gasteiger partial charge in [-0.15, -0.1) is 0 Å². The molecule has 0 saturated carbocycles. The van der Waals surface area contributed by atoms with Crippen LogP contribution in [0.2, 0.25) is 0 Å². The van der Waals surface area contributed by atoms with Crippen molar-refractivity contribution in [2.75, 3.05) is 17.2 Å². The molecule has 2 heterocycles. The molecule has 0 aliphatic heterocycles. The van der Waals surface area contributed by atoms with Gasteiger partial charge in [-0.3, -0.25) is 4.79 Å². The first-order valence-electron chi connectivity index (χ1n) is 6.25. The Morgan fingerprint density at radius 2 is 2.37 bits per heavy atom. The van der Waals surface area contributed by atoms with E-state index in [0.717, 1.165) is 18.8 Å². The summed E-state index contributed by atoms with van der Waals surface area (Å²) in [6, 6.07) is -0.505. The number of anilines is 2. The monoisotopic (exact) mass is 262 g/mol. The van der Waals surface area contributed by atoms with Gasteiger partial charge in [-0.1, -0.05) is 6.92 Å². The Morgan fingerprint density at radius 1 is 1.58 bits per heavy atom. The molecule has 7 heteroatoms. The van der Waals surface area contributed by atoms with E-state index in [1.165, 1.54) is 0 Å². The zero-order valence-electron chi connectivity index (χ0n) is 11.1. The van der Waals surface area contributed by atoms with Crippen molar-refractivity contribution in [2.24, 2.45) is 5.73 Å². The maximum Gasteiger partial charge on any atom is 0.239 e. The maximum absolute atomic E-state index is 11.1. The molecule has 102 valence electrons. The van der Waals surface area contributed by atoms with Crippen LogP contribution in [0.15, 0.2) is 18.6 Å². The number of fused-ring (bicyclic) bond motifs is 1. The van der Waals surface area contributed by atoms with E-state index in [1.54, 1.807) is 13.1 Å². The minimum absolute atomic E-state index is 0.432. The van der Waals surface area contributed by atoms with E-state index in [-0.39, 0.29) is 0 Å². The van der Waals surface area contributed by atoms with Gasteiger partial charge in [-0.25, -0.2) is 9.97 Å². The van der Waals surface area contributed by atoms with Crippen LogP contribution in [0.25, 0.3) is 5.65 Å². The highest BCUT2D eigenvalue weighted by atomic mass is 16.1. The first-order chi connectivity index (χ1) is 9.11. The summed E-state index contributed by atoms with van der Waals surface area (Å²) in [5.74, 6) is 0.836. The molecule has 2 aromatic heterocycles. The number of aromatic nitrogens is 3. The van der Waals surface area contributed by atoms with Crippen molar-refractivity contribution in [3.63, 3.8) is 0 Å². The molecule has 1 atom stereocenters. The molecule has 7 nitrogen and oxygen atoms in total. The molecule has 0 radical (unpaired) electrons. The summed E-state index contributed by atoms with van der Waals surface area (Å²) in [6.45, 7) is 4.60. The number of amides is 1. The van der Waals surface area contributed by atoms with E-state index in [1.807, 2.05) is 16.8 Å². The largest absolute Gasteiger partial charge is 0.369 e. The molecule has 0 aliphatic rings. The topological polar surface area (TPSA) is 97.3 Å². The first kappa shape index (κ1) is 13.1. The molecule has 1 unspecified atom stereocenters. The van der Waals surface area contributed by atoms with Gasteiger partial charge in [0.25, 0.3) is 0 Å². The second-order valence-corrected chi connectivity index (χ2v) is 4.33. The number of carbonyl (C=O) groups excluding carboxylic acids is 1. The van der Waals surface area contributed by atoms with Gasteiger partial charge in [0.15, 0.2) is 11.5 Å². The van der Waals surface area contributed by atoms with Crippen LogP contribution in [0.3, 0.4) is 0 Å². The molecule has 0 spiro atoms. The fourth-order valence-corrected chi connectivity index (χ4v) is 1.64. The van der Waals surface area contributed by atoms with Crippen molar-refractivity contribution in [1.29, 1.82) is 0 Å². The van der Waals surface area contributed by atoms with Crippen LogP contribution < -0.4 is 16.4 Å². The summed E-state index contributed by atoms with van der Waals surface area (Å²) < 4.78 is 1.85. The lowest BCUT2D eigenvalue weighted by molar-refractivity contribution is -0.118. The van der Waals surface area contributed by atoms with E-state index >= 15 is 0 Å². The molecule has 0 bridgehead atoms. The number of hydrogen-bond acceptors (Lipinski definition) is 5. The third-order valence-corrected chi connectivity index (χ3v) is 2.71. The van der Waals surface area contributed by atoms with Gasteiger partial charge >= 0.3 is 0 Å². The van der Waals surface area contributed by atoms with Gasteiger partial charge in [-0.2, -0.15) is 0 Å². The number of nitrogens with two attached hydrogens (primary N) is 1. The lowest BCUT2D eigenvalue weighted by Crippen LogP contribution is -2.33. The minimum atomic E-state index is -0.505. The van der Waals surface area contributed by atoms with Gasteiger partial charge in [0.05, 0.1) is 6.20 Å². The fraction of sp³-hybridized carbons (Fsp3) is 0.417. The van der Waals surface area contributed by atoms with Crippen LogP contribution in [0.5, 0.6) is 0 Å².